The minimum atomic E-state index is -0.253. The summed E-state index contributed by atoms with van der Waals surface area (Å²) in [4.78, 5) is 12.2. The fourth-order valence-corrected chi connectivity index (χ4v) is 3.70. The van der Waals surface area contributed by atoms with Crippen molar-refractivity contribution in [1.82, 2.24) is 5.32 Å². The van der Waals surface area contributed by atoms with Gasteiger partial charge in [0.15, 0.2) is 0 Å². The molecular formula is C19H18N2O3S. The molecule has 0 aliphatic carbocycles. The maximum Gasteiger partial charge on any atom is 0.319 e. The Morgan fingerprint density at radius 3 is 2.76 bits per heavy atom. The summed E-state index contributed by atoms with van der Waals surface area (Å²) in [6.07, 6.45) is -0.239. The second kappa shape index (κ2) is 7.28. The number of anilines is 1. The summed E-state index contributed by atoms with van der Waals surface area (Å²) in [5.41, 5.74) is 1.77. The van der Waals surface area contributed by atoms with Crippen molar-refractivity contribution in [2.24, 2.45) is 5.92 Å². The smallest absolute Gasteiger partial charge is 0.319 e. The van der Waals surface area contributed by atoms with Crippen molar-refractivity contribution in [2.75, 3.05) is 18.5 Å². The van der Waals surface area contributed by atoms with E-state index in [1.807, 2.05) is 47.2 Å². The highest BCUT2D eigenvalue weighted by Crippen LogP contribution is 2.31. The van der Waals surface area contributed by atoms with Crippen LogP contribution in [0, 0.1) is 17.8 Å². The summed E-state index contributed by atoms with van der Waals surface area (Å²) >= 11 is 1.63. The van der Waals surface area contributed by atoms with E-state index in [0.717, 1.165) is 11.3 Å². The van der Waals surface area contributed by atoms with Gasteiger partial charge >= 0.3 is 6.03 Å². The van der Waals surface area contributed by atoms with Crippen LogP contribution < -0.4 is 10.6 Å². The van der Waals surface area contributed by atoms with E-state index in [9.17, 15) is 4.79 Å². The number of ether oxygens (including phenoxy) is 2. The number of hydrogen-bond acceptors (Lipinski definition) is 4. The molecule has 4 atom stereocenters. The Balaban J connectivity index is 1.34. The van der Waals surface area contributed by atoms with Gasteiger partial charge in [-0.05, 0) is 23.6 Å². The zero-order valence-electron chi connectivity index (χ0n) is 13.5. The molecule has 6 heteroatoms. The molecule has 5 nitrogen and oxygen atoms in total. The molecule has 0 spiro atoms. The van der Waals surface area contributed by atoms with E-state index in [-0.39, 0.29) is 30.2 Å². The first-order valence-corrected chi connectivity index (χ1v) is 9.13. The standard InChI is InChI=1S/C19H18N2O3S/c22-19(20-15-4-2-1-3-5-15)21-16-11-24-17-14(10-23-18(16)17)7-6-13-8-9-25-12-13/h1-5,8-9,12,14,16-18H,10-11H2,(H2,20,21,22)/t14-,16-,17+,18+/m0/s1. The summed E-state index contributed by atoms with van der Waals surface area (Å²) in [5.74, 6) is 6.45. The number of rotatable bonds is 2. The molecule has 25 heavy (non-hydrogen) atoms. The number of amides is 2. The van der Waals surface area contributed by atoms with Crippen LogP contribution in [0.4, 0.5) is 10.5 Å². The quantitative estimate of drug-likeness (QED) is 0.816. The Labute approximate surface area is 150 Å². The lowest BCUT2D eigenvalue weighted by Crippen LogP contribution is -2.45. The van der Waals surface area contributed by atoms with E-state index in [0.29, 0.717) is 13.2 Å². The summed E-state index contributed by atoms with van der Waals surface area (Å²) < 4.78 is 11.7. The molecule has 1 aromatic heterocycles. The van der Waals surface area contributed by atoms with E-state index in [1.165, 1.54) is 0 Å². The molecule has 0 saturated carbocycles. The molecule has 4 rings (SSSR count). The van der Waals surface area contributed by atoms with Crippen LogP contribution in [-0.2, 0) is 9.47 Å². The predicted octanol–water partition coefficient (Wildman–Crippen LogP) is 2.70. The SMILES string of the molecule is O=C(Nc1ccccc1)N[C@H]1CO[C@H]2[C@@H]1OC[C@@H]2C#Cc1ccsc1. The molecule has 2 aliphatic rings. The van der Waals surface area contributed by atoms with E-state index < -0.39 is 0 Å². The average Bonchev–Trinajstić information content (AvgIpc) is 3.33. The lowest BCUT2D eigenvalue weighted by atomic mass is 10.0. The van der Waals surface area contributed by atoms with Crippen LogP contribution in [0.15, 0.2) is 47.2 Å². The third-order valence-electron chi connectivity index (χ3n) is 4.32. The highest BCUT2D eigenvalue weighted by molar-refractivity contribution is 7.08. The van der Waals surface area contributed by atoms with Gasteiger partial charge in [-0.15, -0.1) is 0 Å². The molecule has 0 unspecified atom stereocenters. The van der Waals surface area contributed by atoms with Crippen LogP contribution in [0.5, 0.6) is 0 Å². The third kappa shape index (κ3) is 3.69. The number of carbonyl (C=O) groups is 1. The van der Waals surface area contributed by atoms with Gasteiger partial charge in [-0.2, -0.15) is 11.3 Å². The van der Waals surface area contributed by atoms with E-state index >= 15 is 0 Å². The fraction of sp³-hybridized carbons (Fsp3) is 0.316. The van der Waals surface area contributed by atoms with Crippen molar-refractivity contribution in [3.05, 3.63) is 52.7 Å². The molecule has 2 fully saturated rings. The van der Waals surface area contributed by atoms with Crippen molar-refractivity contribution >= 4 is 23.1 Å². The molecule has 2 aromatic rings. The van der Waals surface area contributed by atoms with E-state index in [4.69, 9.17) is 9.47 Å². The Kier molecular flexibility index (Phi) is 4.70. The van der Waals surface area contributed by atoms with Crippen LogP contribution in [0.25, 0.3) is 0 Å². The van der Waals surface area contributed by atoms with Gasteiger partial charge in [-0.1, -0.05) is 30.0 Å². The maximum atomic E-state index is 12.2. The van der Waals surface area contributed by atoms with Crippen molar-refractivity contribution in [1.29, 1.82) is 0 Å². The first-order chi connectivity index (χ1) is 12.3. The lowest BCUT2D eigenvalue weighted by molar-refractivity contribution is 0.0666. The predicted molar refractivity (Wildman–Crippen MR) is 96.6 cm³/mol. The Morgan fingerprint density at radius 2 is 1.96 bits per heavy atom. The number of urea groups is 1. The van der Waals surface area contributed by atoms with E-state index in [1.54, 1.807) is 11.3 Å². The molecule has 2 amide bonds. The molecule has 128 valence electrons. The molecule has 1 aromatic carbocycles. The number of hydrogen-bond donors (Lipinski definition) is 2. The molecule has 3 heterocycles. The Morgan fingerprint density at radius 1 is 1.12 bits per heavy atom. The monoisotopic (exact) mass is 354 g/mol. The number of thiophene rings is 1. The molecule has 2 N–H and O–H groups in total. The van der Waals surface area contributed by atoms with Crippen LogP contribution in [0.3, 0.4) is 0 Å². The average molecular weight is 354 g/mol. The van der Waals surface area contributed by atoms with Gasteiger partial charge in [0.05, 0.1) is 25.2 Å². The number of benzene rings is 1. The van der Waals surface area contributed by atoms with Crippen LogP contribution in [0.1, 0.15) is 5.56 Å². The molecule has 2 aliphatic heterocycles. The number of fused-ring (bicyclic) bond motifs is 1. The van der Waals surface area contributed by atoms with Gasteiger partial charge in [0.25, 0.3) is 0 Å². The second-order valence-electron chi connectivity index (χ2n) is 6.05. The van der Waals surface area contributed by atoms with Crippen molar-refractivity contribution in [3.8, 4) is 11.8 Å². The molecule has 2 saturated heterocycles. The van der Waals surface area contributed by atoms with Crippen molar-refractivity contribution in [2.45, 2.75) is 18.2 Å². The first kappa shape index (κ1) is 16.2. The third-order valence-corrected chi connectivity index (χ3v) is 5.01. The van der Waals surface area contributed by atoms with Crippen molar-refractivity contribution < 1.29 is 14.3 Å². The van der Waals surface area contributed by atoms with Gasteiger partial charge < -0.3 is 20.1 Å². The largest absolute Gasteiger partial charge is 0.372 e. The minimum absolute atomic E-state index is 0.0360. The number of nitrogens with one attached hydrogen (secondary N) is 2. The topological polar surface area (TPSA) is 59.6 Å². The molecule has 0 radical (unpaired) electrons. The van der Waals surface area contributed by atoms with Gasteiger partial charge in [0.1, 0.15) is 12.2 Å². The van der Waals surface area contributed by atoms with Gasteiger partial charge in [0.2, 0.25) is 0 Å². The fourth-order valence-electron chi connectivity index (χ4n) is 3.12. The summed E-state index contributed by atoms with van der Waals surface area (Å²) in [7, 11) is 0. The van der Waals surface area contributed by atoms with Crippen LogP contribution in [0.2, 0.25) is 0 Å². The zero-order chi connectivity index (χ0) is 17.1. The normalized spacial score (nSPS) is 27.2. The number of carbonyl (C=O) groups excluding carboxylic acids is 1. The highest BCUT2D eigenvalue weighted by Gasteiger charge is 2.47. The van der Waals surface area contributed by atoms with Gasteiger partial charge in [0, 0.05) is 16.6 Å². The summed E-state index contributed by atoms with van der Waals surface area (Å²) in [5, 5.41) is 9.79. The zero-order valence-corrected chi connectivity index (χ0v) is 14.3. The number of para-hydroxylation sites is 1. The minimum Gasteiger partial charge on any atom is -0.372 e. The molecular weight excluding hydrogens is 336 g/mol. The first-order valence-electron chi connectivity index (χ1n) is 8.19. The second-order valence-corrected chi connectivity index (χ2v) is 6.83. The van der Waals surface area contributed by atoms with Crippen LogP contribution >= 0.6 is 11.3 Å². The van der Waals surface area contributed by atoms with Gasteiger partial charge in [-0.3, -0.25) is 0 Å². The van der Waals surface area contributed by atoms with Crippen LogP contribution in [-0.4, -0.2) is 37.5 Å². The van der Waals surface area contributed by atoms with Crippen molar-refractivity contribution in [3.63, 3.8) is 0 Å². The Bertz CT molecular complexity index is 782. The van der Waals surface area contributed by atoms with Gasteiger partial charge in [-0.25, -0.2) is 4.79 Å². The summed E-state index contributed by atoms with van der Waals surface area (Å²) in [6, 6.07) is 10.9. The highest BCUT2D eigenvalue weighted by atomic mass is 32.1. The maximum absolute atomic E-state index is 12.2. The Hall–Kier alpha value is -2.33. The summed E-state index contributed by atoms with van der Waals surface area (Å²) in [6.45, 7) is 0.971. The lowest BCUT2D eigenvalue weighted by Gasteiger charge is -2.17. The van der Waals surface area contributed by atoms with E-state index in [2.05, 4.69) is 22.5 Å². The molecule has 0 bridgehead atoms.